The van der Waals surface area contributed by atoms with Gasteiger partial charge >= 0.3 is 6.09 Å². The van der Waals surface area contributed by atoms with E-state index in [-0.39, 0.29) is 18.0 Å². The van der Waals surface area contributed by atoms with Crippen LogP contribution >= 0.6 is 0 Å². The summed E-state index contributed by atoms with van der Waals surface area (Å²) in [6.07, 6.45) is 5.44. The molecule has 0 unspecified atom stereocenters. The molecule has 1 saturated heterocycles. The van der Waals surface area contributed by atoms with Crippen molar-refractivity contribution >= 4 is 34.3 Å². The van der Waals surface area contributed by atoms with Gasteiger partial charge in [0.2, 0.25) is 0 Å². The third-order valence-corrected chi connectivity index (χ3v) is 5.15. The first-order chi connectivity index (χ1) is 15.3. The highest BCUT2D eigenvalue weighted by Gasteiger charge is 2.30. The number of nitrogens with one attached hydrogen (secondary N) is 2. The number of nitrogens with zero attached hydrogens (tertiary/aromatic N) is 3. The molecule has 1 aliphatic heterocycles. The number of likely N-dealkylation sites (tertiary alicyclic amines) is 1. The van der Waals surface area contributed by atoms with Crippen molar-refractivity contribution in [2.24, 2.45) is 0 Å². The Hall–Kier alpha value is -3.68. The van der Waals surface area contributed by atoms with E-state index in [2.05, 4.69) is 20.6 Å². The van der Waals surface area contributed by atoms with Gasteiger partial charge in [0.05, 0.1) is 11.1 Å². The molecular formula is C24H27N5O3. The summed E-state index contributed by atoms with van der Waals surface area (Å²) in [5.41, 5.74) is 2.14. The second-order valence-electron chi connectivity index (χ2n) is 8.81. The van der Waals surface area contributed by atoms with Crippen LogP contribution in [0.5, 0.6) is 0 Å². The quantitative estimate of drug-likeness (QED) is 0.637. The number of benzene rings is 1. The second kappa shape index (κ2) is 8.82. The van der Waals surface area contributed by atoms with Crippen molar-refractivity contribution in [1.82, 2.24) is 14.9 Å². The van der Waals surface area contributed by atoms with Crippen LogP contribution in [-0.4, -0.2) is 51.6 Å². The predicted molar refractivity (Wildman–Crippen MR) is 124 cm³/mol. The molecule has 3 heterocycles. The summed E-state index contributed by atoms with van der Waals surface area (Å²) in [5, 5.41) is 7.25. The molecule has 32 heavy (non-hydrogen) atoms. The number of amides is 2. The maximum Gasteiger partial charge on any atom is 0.410 e. The van der Waals surface area contributed by atoms with Gasteiger partial charge in [0.25, 0.3) is 5.91 Å². The molecule has 2 amide bonds. The molecule has 2 N–H and O–H groups in total. The van der Waals surface area contributed by atoms with Gasteiger partial charge in [-0.15, -0.1) is 0 Å². The molecule has 4 rings (SSSR count). The van der Waals surface area contributed by atoms with Gasteiger partial charge in [0.15, 0.2) is 0 Å². The van der Waals surface area contributed by atoms with Crippen molar-refractivity contribution in [2.75, 3.05) is 23.7 Å². The average molecular weight is 434 g/mol. The molecule has 3 aromatic rings. The lowest BCUT2D eigenvalue weighted by atomic mass is 10.1. The standard InChI is InChI=1S/C24H27N5O3/c1-24(2,3)32-23(31)29-14-10-17(15-29)27-20-7-6-19(21-18(20)5-4-11-26-21)22(30)28-16-8-12-25-13-9-16/h4-9,11-13,17,27H,10,14-15H2,1-3H3,(H,25,28,30)/t17-/m0/s1. The first kappa shape index (κ1) is 21.5. The van der Waals surface area contributed by atoms with E-state index >= 15 is 0 Å². The normalized spacial score (nSPS) is 16.1. The highest BCUT2D eigenvalue weighted by Crippen LogP contribution is 2.28. The minimum Gasteiger partial charge on any atom is -0.444 e. The van der Waals surface area contributed by atoms with Crippen molar-refractivity contribution in [2.45, 2.75) is 38.8 Å². The number of ether oxygens (including phenoxy) is 1. The third-order valence-electron chi connectivity index (χ3n) is 5.15. The maximum absolute atomic E-state index is 12.9. The van der Waals surface area contributed by atoms with Crippen LogP contribution in [0.4, 0.5) is 16.2 Å². The van der Waals surface area contributed by atoms with E-state index in [4.69, 9.17) is 4.74 Å². The molecule has 8 nitrogen and oxygen atoms in total. The molecule has 2 aromatic heterocycles. The smallest absolute Gasteiger partial charge is 0.410 e. The Bertz CT molecular complexity index is 1130. The number of hydrogen-bond acceptors (Lipinski definition) is 6. The number of aromatic nitrogens is 2. The van der Waals surface area contributed by atoms with E-state index in [1.165, 1.54) is 0 Å². The van der Waals surface area contributed by atoms with E-state index in [1.54, 1.807) is 41.7 Å². The van der Waals surface area contributed by atoms with Gasteiger partial charge in [0, 0.05) is 54.5 Å². The number of fused-ring (bicyclic) bond motifs is 1. The van der Waals surface area contributed by atoms with Gasteiger partial charge in [-0.05, 0) is 63.6 Å². The average Bonchev–Trinajstić information content (AvgIpc) is 3.22. The summed E-state index contributed by atoms with van der Waals surface area (Å²) in [7, 11) is 0. The Labute approximate surface area is 187 Å². The van der Waals surface area contributed by atoms with Gasteiger partial charge in [-0.25, -0.2) is 4.79 Å². The highest BCUT2D eigenvalue weighted by molar-refractivity contribution is 6.13. The fourth-order valence-electron chi connectivity index (χ4n) is 3.71. The minimum absolute atomic E-state index is 0.0856. The van der Waals surface area contributed by atoms with Crippen LogP contribution < -0.4 is 10.6 Å². The van der Waals surface area contributed by atoms with Gasteiger partial charge in [-0.2, -0.15) is 0 Å². The van der Waals surface area contributed by atoms with Gasteiger partial charge in [-0.3, -0.25) is 14.8 Å². The van der Waals surface area contributed by atoms with Crippen molar-refractivity contribution in [3.05, 3.63) is 60.6 Å². The molecule has 1 aromatic carbocycles. The predicted octanol–water partition coefficient (Wildman–Crippen LogP) is 4.30. The summed E-state index contributed by atoms with van der Waals surface area (Å²) in [5.74, 6) is -0.233. The molecule has 1 atom stereocenters. The van der Waals surface area contributed by atoms with E-state index < -0.39 is 5.60 Å². The van der Waals surface area contributed by atoms with Crippen LogP contribution in [-0.2, 0) is 4.74 Å². The molecule has 1 aliphatic rings. The van der Waals surface area contributed by atoms with Crippen LogP contribution in [0.1, 0.15) is 37.6 Å². The lowest BCUT2D eigenvalue weighted by Gasteiger charge is -2.24. The van der Waals surface area contributed by atoms with E-state index in [0.29, 0.717) is 29.9 Å². The fourth-order valence-corrected chi connectivity index (χ4v) is 3.71. The number of anilines is 2. The van der Waals surface area contributed by atoms with Crippen molar-refractivity contribution < 1.29 is 14.3 Å². The number of rotatable bonds is 4. The molecule has 0 radical (unpaired) electrons. The largest absolute Gasteiger partial charge is 0.444 e. The third kappa shape index (κ3) is 4.96. The van der Waals surface area contributed by atoms with Gasteiger partial charge in [0.1, 0.15) is 5.60 Å². The Kier molecular flexibility index (Phi) is 5.94. The molecule has 0 bridgehead atoms. The molecule has 0 saturated carbocycles. The van der Waals surface area contributed by atoms with E-state index in [0.717, 1.165) is 17.5 Å². The Morgan fingerprint density at radius 2 is 1.88 bits per heavy atom. The zero-order valence-electron chi connectivity index (χ0n) is 18.5. The van der Waals surface area contributed by atoms with Crippen LogP contribution in [0.2, 0.25) is 0 Å². The molecule has 166 valence electrons. The summed E-state index contributed by atoms with van der Waals surface area (Å²) in [6, 6.07) is 11.0. The lowest BCUT2D eigenvalue weighted by Crippen LogP contribution is -2.36. The summed E-state index contributed by atoms with van der Waals surface area (Å²) < 4.78 is 5.48. The molecular weight excluding hydrogens is 406 g/mol. The first-order valence-electron chi connectivity index (χ1n) is 10.6. The Morgan fingerprint density at radius 1 is 1.09 bits per heavy atom. The van der Waals surface area contributed by atoms with Crippen LogP contribution in [0.3, 0.4) is 0 Å². The van der Waals surface area contributed by atoms with Crippen LogP contribution in [0, 0.1) is 0 Å². The second-order valence-corrected chi connectivity index (χ2v) is 8.81. The van der Waals surface area contributed by atoms with Crippen molar-refractivity contribution in [3.63, 3.8) is 0 Å². The molecule has 0 spiro atoms. The van der Waals surface area contributed by atoms with Crippen LogP contribution in [0.25, 0.3) is 10.9 Å². The highest BCUT2D eigenvalue weighted by atomic mass is 16.6. The van der Waals surface area contributed by atoms with Crippen LogP contribution in [0.15, 0.2) is 55.0 Å². The lowest BCUT2D eigenvalue weighted by molar-refractivity contribution is 0.0293. The maximum atomic E-state index is 12.9. The number of carbonyl (C=O) groups excluding carboxylic acids is 2. The van der Waals surface area contributed by atoms with Crippen molar-refractivity contribution in [3.8, 4) is 0 Å². The van der Waals surface area contributed by atoms with Crippen molar-refractivity contribution in [1.29, 1.82) is 0 Å². The fraction of sp³-hybridized carbons (Fsp3) is 0.333. The zero-order chi connectivity index (χ0) is 22.7. The van der Waals surface area contributed by atoms with E-state index in [1.807, 2.05) is 39.0 Å². The number of hydrogen-bond donors (Lipinski definition) is 2. The molecule has 8 heteroatoms. The SMILES string of the molecule is CC(C)(C)OC(=O)N1CC[C@H](Nc2ccc(C(=O)Nc3ccncc3)c3ncccc23)C1. The topological polar surface area (TPSA) is 96.5 Å². The van der Waals surface area contributed by atoms with E-state index in [9.17, 15) is 9.59 Å². The molecule has 0 aliphatic carbocycles. The summed E-state index contributed by atoms with van der Waals surface area (Å²) >= 11 is 0. The number of pyridine rings is 2. The molecule has 1 fully saturated rings. The number of carbonyl (C=O) groups is 2. The summed E-state index contributed by atoms with van der Waals surface area (Å²) in [6.45, 7) is 6.78. The first-order valence-corrected chi connectivity index (χ1v) is 10.6. The Morgan fingerprint density at radius 3 is 2.62 bits per heavy atom. The minimum atomic E-state index is -0.517. The summed E-state index contributed by atoms with van der Waals surface area (Å²) in [4.78, 5) is 35.4. The Balaban J connectivity index is 1.51. The zero-order valence-corrected chi connectivity index (χ0v) is 18.5. The monoisotopic (exact) mass is 433 g/mol. The van der Waals surface area contributed by atoms with Gasteiger partial charge in [-0.1, -0.05) is 0 Å². The van der Waals surface area contributed by atoms with Gasteiger partial charge < -0.3 is 20.3 Å².